The predicted molar refractivity (Wildman–Crippen MR) is 113 cm³/mol. The molecule has 5 nitrogen and oxygen atoms in total. The summed E-state index contributed by atoms with van der Waals surface area (Å²) in [4.78, 5) is 9.63. The van der Waals surface area contributed by atoms with Gasteiger partial charge in [-0.15, -0.1) is 0 Å². The Morgan fingerprint density at radius 3 is 2.31 bits per heavy atom. The van der Waals surface area contributed by atoms with Gasteiger partial charge in [-0.2, -0.15) is 0 Å². The van der Waals surface area contributed by atoms with Gasteiger partial charge in [0.1, 0.15) is 0 Å². The number of hydrogen-bond donors (Lipinski definition) is 2. The summed E-state index contributed by atoms with van der Waals surface area (Å²) in [6.07, 6.45) is 10.6. The third-order valence-electron chi connectivity index (χ3n) is 6.15. The maximum atomic E-state index is 4.35. The number of likely N-dealkylation sites (tertiary alicyclic amines) is 2. The molecule has 5 heteroatoms. The van der Waals surface area contributed by atoms with E-state index in [-0.39, 0.29) is 0 Å². The average Bonchev–Trinajstić information content (AvgIpc) is 2.66. The van der Waals surface area contributed by atoms with Gasteiger partial charge in [0.15, 0.2) is 5.96 Å². The fourth-order valence-corrected chi connectivity index (χ4v) is 4.15. The van der Waals surface area contributed by atoms with Crippen molar-refractivity contribution < 1.29 is 0 Å². The average molecular weight is 366 g/mol. The lowest BCUT2D eigenvalue weighted by atomic mass is 9.99. The summed E-state index contributed by atoms with van der Waals surface area (Å²) < 4.78 is 0. The second kappa shape index (κ2) is 12.6. The predicted octanol–water partition coefficient (Wildman–Crippen LogP) is 2.93. The van der Waals surface area contributed by atoms with Crippen molar-refractivity contribution in [1.82, 2.24) is 20.4 Å². The molecule has 0 aromatic rings. The van der Waals surface area contributed by atoms with E-state index in [4.69, 9.17) is 0 Å². The van der Waals surface area contributed by atoms with Crippen molar-refractivity contribution in [2.45, 2.75) is 71.3 Å². The zero-order chi connectivity index (χ0) is 18.6. The molecule has 2 N–H and O–H groups in total. The van der Waals surface area contributed by atoms with Gasteiger partial charge in [0, 0.05) is 26.2 Å². The van der Waals surface area contributed by atoms with Crippen molar-refractivity contribution in [1.29, 1.82) is 0 Å². The SMILES string of the molecule is CN=C(NCCCCN1CCCCC1C)NCCCN1CCC(C)CC1. The summed E-state index contributed by atoms with van der Waals surface area (Å²) in [5, 5.41) is 6.94. The van der Waals surface area contributed by atoms with Crippen molar-refractivity contribution in [3.8, 4) is 0 Å². The molecular formula is C21H43N5. The lowest BCUT2D eigenvalue weighted by Gasteiger charge is -2.33. The van der Waals surface area contributed by atoms with Crippen LogP contribution in [0.5, 0.6) is 0 Å². The monoisotopic (exact) mass is 365 g/mol. The normalized spacial score (nSPS) is 24.0. The lowest BCUT2D eigenvalue weighted by Crippen LogP contribution is -2.40. The quantitative estimate of drug-likeness (QED) is 0.375. The number of hydrogen-bond acceptors (Lipinski definition) is 3. The molecule has 2 saturated heterocycles. The first-order valence-electron chi connectivity index (χ1n) is 11.1. The minimum Gasteiger partial charge on any atom is -0.356 e. The number of nitrogens with zero attached hydrogens (tertiary/aromatic N) is 3. The van der Waals surface area contributed by atoms with Gasteiger partial charge in [-0.3, -0.25) is 4.99 Å². The number of nitrogens with one attached hydrogen (secondary N) is 2. The molecule has 0 saturated carbocycles. The fraction of sp³-hybridized carbons (Fsp3) is 0.952. The van der Waals surface area contributed by atoms with Gasteiger partial charge < -0.3 is 20.4 Å². The molecule has 0 aliphatic carbocycles. The third-order valence-corrected chi connectivity index (χ3v) is 6.15. The van der Waals surface area contributed by atoms with Gasteiger partial charge in [-0.1, -0.05) is 13.3 Å². The van der Waals surface area contributed by atoms with Gasteiger partial charge in [0.25, 0.3) is 0 Å². The molecule has 0 bridgehead atoms. The van der Waals surface area contributed by atoms with Crippen molar-refractivity contribution in [2.24, 2.45) is 10.9 Å². The van der Waals surface area contributed by atoms with Crippen LogP contribution in [0, 0.1) is 5.92 Å². The maximum absolute atomic E-state index is 4.35. The van der Waals surface area contributed by atoms with E-state index in [0.717, 1.165) is 31.0 Å². The molecule has 26 heavy (non-hydrogen) atoms. The Labute approximate surface area is 162 Å². The number of guanidine groups is 1. The van der Waals surface area contributed by atoms with E-state index in [0.29, 0.717) is 0 Å². The van der Waals surface area contributed by atoms with Crippen LogP contribution in [0.4, 0.5) is 0 Å². The molecule has 0 spiro atoms. The Bertz CT molecular complexity index is 390. The molecule has 152 valence electrons. The highest BCUT2D eigenvalue weighted by molar-refractivity contribution is 5.79. The summed E-state index contributed by atoms with van der Waals surface area (Å²) in [5.41, 5.74) is 0. The second-order valence-corrected chi connectivity index (χ2v) is 8.39. The van der Waals surface area contributed by atoms with Gasteiger partial charge in [-0.25, -0.2) is 0 Å². The number of piperidine rings is 2. The van der Waals surface area contributed by atoms with E-state index in [2.05, 4.69) is 39.3 Å². The maximum Gasteiger partial charge on any atom is 0.190 e. The van der Waals surface area contributed by atoms with Crippen molar-refractivity contribution >= 4 is 5.96 Å². The van der Waals surface area contributed by atoms with E-state index in [1.807, 2.05) is 7.05 Å². The largest absolute Gasteiger partial charge is 0.356 e. The molecular weight excluding hydrogens is 322 g/mol. The third kappa shape index (κ3) is 8.26. The van der Waals surface area contributed by atoms with Gasteiger partial charge >= 0.3 is 0 Å². The van der Waals surface area contributed by atoms with Gasteiger partial charge in [0.05, 0.1) is 0 Å². The van der Waals surface area contributed by atoms with E-state index >= 15 is 0 Å². The minimum atomic E-state index is 0.786. The van der Waals surface area contributed by atoms with Crippen LogP contribution >= 0.6 is 0 Å². The first-order chi connectivity index (χ1) is 12.7. The summed E-state index contributed by atoms with van der Waals surface area (Å²) in [5.74, 6) is 1.88. The number of unbranched alkanes of at least 4 members (excludes halogenated alkanes) is 1. The van der Waals surface area contributed by atoms with E-state index < -0.39 is 0 Å². The van der Waals surface area contributed by atoms with Crippen LogP contribution in [0.2, 0.25) is 0 Å². The van der Waals surface area contributed by atoms with Crippen LogP contribution in [0.1, 0.15) is 65.2 Å². The summed E-state index contributed by atoms with van der Waals surface area (Å²) >= 11 is 0. The Hall–Kier alpha value is -0.810. The summed E-state index contributed by atoms with van der Waals surface area (Å²) in [7, 11) is 1.87. The molecule has 0 amide bonds. The van der Waals surface area contributed by atoms with Crippen molar-refractivity contribution in [2.75, 3.05) is 52.9 Å². The molecule has 2 aliphatic rings. The fourth-order valence-electron chi connectivity index (χ4n) is 4.15. The van der Waals surface area contributed by atoms with Gasteiger partial charge in [-0.05, 0) is 90.5 Å². The Kier molecular flexibility index (Phi) is 10.4. The van der Waals surface area contributed by atoms with Crippen LogP contribution in [-0.4, -0.2) is 74.7 Å². The smallest absolute Gasteiger partial charge is 0.190 e. The molecule has 0 aromatic heterocycles. The molecule has 0 radical (unpaired) electrons. The molecule has 1 unspecified atom stereocenters. The lowest BCUT2D eigenvalue weighted by molar-refractivity contribution is 0.158. The van der Waals surface area contributed by atoms with Gasteiger partial charge in [0.2, 0.25) is 0 Å². The molecule has 2 fully saturated rings. The Balaban J connectivity index is 1.46. The Morgan fingerprint density at radius 1 is 0.885 bits per heavy atom. The van der Waals surface area contributed by atoms with Crippen LogP contribution in [-0.2, 0) is 0 Å². The van der Waals surface area contributed by atoms with Crippen molar-refractivity contribution in [3.63, 3.8) is 0 Å². The minimum absolute atomic E-state index is 0.786. The van der Waals surface area contributed by atoms with Crippen molar-refractivity contribution in [3.05, 3.63) is 0 Å². The van der Waals surface area contributed by atoms with E-state index in [9.17, 15) is 0 Å². The highest BCUT2D eigenvalue weighted by Crippen LogP contribution is 2.17. The van der Waals surface area contributed by atoms with Crippen LogP contribution < -0.4 is 10.6 Å². The first kappa shape index (κ1) is 21.5. The van der Waals surface area contributed by atoms with E-state index in [1.54, 1.807) is 0 Å². The molecule has 2 heterocycles. The zero-order valence-electron chi connectivity index (χ0n) is 17.6. The van der Waals surface area contributed by atoms with Crippen LogP contribution in [0.15, 0.2) is 4.99 Å². The van der Waals surface area contributed by atoms with E-state index in [1.165, 1.54) is 84.1 Å². The zero-order valence-corrected chi connectivity index (χ0v) is 17.6. The Morgan fingerprint density at radius 2 is 1.62 bits per heavy atom. The standard InChI is InChI=1S/C21H43N5/c1-19-10-17-25(18-11-19)14-8-13-24-21(22-3)23-12-5-7-16-26-15-6-4-9-20(26)2/h19-20H,4-18H2,1-3H3,(H2,22,23,24). The highest BCUT2D eigenvalue weighted by Gasteiger charge is 2.17. The highest BCUT2D eigenvalue weighted by atomic mass is 15.2. The van der Waals surface area contributed by atoms with Crippen LogP contribution in [0.25, 0.3) is 0 Å². The van der Waals surface area contributed by atoms with Crippen LogP contribution in [0.3, 0.4) is 0 Å². The second-order valence-electron chi connectivity index (χ2n) is 8.39. The number of rotatable bonds is 9. The molecule has 0 aromatic carbocycles. The molecule has 2 rings (SSSR count). The first-order valence-corrected chi connectivity index (χ1v) is 11.1. The summed E-state index contributed by atoms with van der Waals surface area (Å²) in [6.45, 7) is 13.1. The number of aliphatic imine (C=N–C) groups is 1. The summed E-state index contributed by atoms with van der Waals surface area (Å²) in [6, 6.07) is 0.786. The molecule has 2 aliphatic heterocycles. The molecule has 1 atom stereocenters. The topological polar surface area (TPSA) is 42.9 Å².